The molecule has 0 aliphatic heterocycles. The number of carboxylic acid groups (broad SMARTS) is 1. The van der Waals surface area contributed by atoms with Gasteiger partial charge in [-0.1, -0.05) is 13.0 Å². The first-order valence-corrected chi connectivity index (χ1v) is 7.19. The van der Waals surface area contributed by atoms with Gasteiger partial charge in [0.05, 0.1) is 5.69 Å². The topological polar surface area (TPSA) is 57.8 Å². The van der Waals surface area contributed by atoms with Gasteiger partial charge in [-0.05, 0) is 38.5 Å². The summed E-state index contributed by atoms with van der Waals surface area (Å²) >= 11 is 0. The van der Waals surface area contributed by atoms with Crippen molar-refractivity contribution in [2.45, 2.75) is 33.2 Å². The van der Waals surface area contributed by atoms with Crippen molar-refractivity contribution in [3.8, 4) is 0 Å². The second kappa shape index (κ2) is 6.43. The Morgan fingerprint density at radius 3 is 2.86 bits per heavy atom. The molecule has 0 saturated carbocycles. The molecule has 0 amide bonds. The van der Waals surface area contributed by atoms with Gasteiger partial charge in [0, 0.05) is 24.9 Å². The number of fused-ring (bicyclic) bond motifs is 1. The zero-order valence-electron chi connectivity index (χ0n) is 12.7. The largest absolute Gasteiger partial charge is 0.478 e. The Morgan fingerprint density at radius 1 is 1.48 bits per heavy atom. The van der Waals surface area contributed by atoms with E-state index < -0.39 is 5.97 Å². The van der Waals surface area contributed by atoms with E-state index in [1.807, 2.05) is 28.8 Å². The van der Waals surface area contributed by atoms with Crippen molar-refractivity contribution in [3.05, 3.63) is 36.2 Å². The third kappa shape index (κ3) is 3.24. The summed E-state index contributed by atoms with van der Waals surface area (Å²) in [4.78, 5) is 17.7. The highest BCUT2D eigenvalue weighted by Crippen LogP contribution is 2.25. The predicted molar refractivity (Wildman–Crippen MR) is 84.6 cm³/mol. The van der Waals surface area contributed by atoms with Crippen molar-refractivity contribution >= 4 is 23.5 Å². The highest BCUT2D eigenvalue weighted by molar-refractivity contribution is 5.86. The second-order valence-electron chi connectivity index (χ2n) is 5.21. The molecular formula is C16H21N3O2. The van der Waals surface area contributed by atoms with E-state index >= 15 is 0 Å². The fourth-order valence-electron chi connectivity index (χ4n) is 2.37. The van der Waals surface area contributed by atoms with E-state index in [4.69, 9.17) is 5.11 Å². The summed E-state index contributed by atoms with van der Waals surface area (Å²) in [5.41, 5.74) is 1.62. The molecule has 5 heteroatoms. The number of hydrogen-bond donors (Lipinski definition) is 1. The lowest BCUT2D eigenvalue weighted by Crippen LogP contribution is -2.32. The van der Waals surface area contributed by atoms with Crippen LogP contribution in [0.1, 0.15) is 32.9 Å². The minimum absolute atomic E-state index is 0.298. The van der Waals surface area contributed by atoms with E-state index in [-0.39, 0.29) is 0 Å². The molecule has 0 bridgehead atoms. The molecule has 2 rings (SSSR count). The zero-order chi connectivity index (χ0) is 15.4. The molecule has 5 nitrogen and oxygen atoms in total. The second-order valence-corrected chi connectivity index (χ2v) is 5.21. The van der Waals surface area contributed by atoms with Crippen LogP contribution in [0.3, 0.4) is 0 Å². The summed E-state index contributed by atoms with van der Waals surface area (Å²) in [6.07, 6.45) is 5.68. The molecule has 0 unspecified atom stereocenters. The van der Waals surface area contributed by atoms with Gasteiger partial charge < -0.3 is 10.0 Å². The van der Waals surface area contributed by atoms with Gasteiger partial charge >= 0.3 is 5.97 Å². The Hall–Kier alpha value is -2.30. The number of nitrogens with zero attached hydrogens (tertiary/aromatic N) is 3. The van der Waals surface area contributed by atoms with Gasteiger partial charge in [0.25, 0.3) is 0 Å². The Kier molecular flexibility index (Phi) is 4.62. The lowest BCUT2D eigenvalue weighted by Gasteiger charge is -2.27. The summed E-state index contributed by atoms with van der Waals surface area (Å²) in [6.45, 7) is 7.24. The van der Waals surface area contributed by atoms with Crippen LogP contribution in [0.25, 0.3) is 11.7 Å². The van der Waals surface area contributed by atoms with Crippen molar-refractivity contribution in [1.82, 2.24) is 9.38 Å². The average molecular weight is 287 g/mol. The fourth-order valence-corrected chi connectivity index (χ4v) is 2.37. The Labute approximate surface area is 124 Å². The van der Waals surface area contributed by atoms with Crippen LogP contribution in [0.15, 0.2) is 30.5 Å². The van der Waals surface area contributed by atoms with Gasteiger partial charge in [0.2, 0.25) is 0 Å². The van der Waals surface area contributed by atoms with Gasteiger partial charge in [-0.2, -0.15) is 0 Å². The van der Waals surface area contributed by atoms with Gasteiger partial charge in [-0.15, -0.1) is 0 Å². The lowest BCUT2D eigenvalue weighted by molar-refractivity contribution is -0.131. The number of aromatic nitrogens is 2. The summed E-state index contributed by atoms with van der Waals surface area (Å²) in [5.74, 6) is -0.131. The van der Waals surface area contributed by atoms with Crippen LogP contribution in [-0.4, -0.2) is 33.0 Å². The molecule has 0 spiro atoms. The summed E-state index contributed by atoms with van der Waals surface area (Å²) in [7, 11) is 0. The minimum atomic E-state index is -0.960. The Balaban J connectivity index is 2.60. The predicted octanol–water partition coefficient (Wildman–Crippen LogP) is 3.06. The molecule has 0 fully saturated rings. The highest BCUT2D eigenvalue weighted by Gasteiger charge is 2.18. The Morgan fingerprint density at radius 2 is 2.24 bits per heavy atom. The van der Waals surface area contributed by atoms with Crippen LogP contribution in [-0.2, 0) is 4.79 Å². The minimum Gasteiger partial charge on any atom is -0.478 e. The molecule has 2 aromatic rings. The highest BCUT2D eigenvalue weighted by atomic mass is 16.4. The number of carbonyl (C=O) groups is 1. The summed E-state index contributed by atoms with van der Waals surface area (Å²) in [6, 6.07) is 6.06. The third-order valence-electron chi connectivity index (χ3n) is 3.29. The zero-order valence-corrected chi connectivity index (χ0v) is 12.7. The normalized spacial score (nSPS) is 11.6. The standard InChI is InChI=1S/C16H21N3O2/c1-4-10-18(12(2)3)16-13(8-9-15(20)21)19-11-6-5-7-14(19)17-16/h5-9,11-12H,4,10H2,1-3H3,(H,20,21)/b9-8+. The van der Waals surface area contributed by atoms with Crippen LogP contribution >= 0.6 is 0 Å². The number of anilines is 1. The number of pyridine rings is 1. The van der Waals surface area contributed by atoms with E-state index in [2.05, 4.69) is 30.7 Å². The molecule has 0 aliphatic carbocycles. The van der Waals surface area contributed by atoms with Gasteiger partial charge in [0.1, 0.15) is 5.65 Å². The van der Waals surface area contributed by atoms with Crippen LogP contribution < -0.4 is 4.90 Å². The van der Waals surface area contributed by atoms with Gasteiger partial charge in [-0.25, -0.2) is 9.78 Å². The maximum absolute atomic E-state index is 10.8. The van der Waals surface area contributed by atoms with E-state index in [0.29, 0.717) is 6.04 Å². The fraction of sp³-hybridized carbons (Fsp3) is 0.375. The van der Waals surface area contributed by atoms with Crippen LogP contribution in [0.4, 0.5) is 5.82 Å². The average Bonchev–Trinajstić information content (AvgIpc) is 2.80. The van der Waals surface area contributed by atoms with E-state index in [1.165, 1.54) is 0 Å². The van der Waals surface area contributed by atoms with Crippen molar-refractivity contribution < 1.29 is 9.90 Å². The lowest BCUT2D eigenvalue weighted by atomic mass is 10.2. The quantitative estimate of drug-likeness (QED) is 0.830. The molecule has 0 atom stereocenters. The van der Waals surface area contributed by atoms with Crippen LogP contribution in [0, 0.1) is 0 Å². The SMILES string of the molecule is CCCN(c1nc2ccccn2c1/C=C/C(=O)O)C(C)C. The van der Waals surface area contributed by atoms with Crippen molar-refractivity contribution in [2.75, 3.05) is 11.4 Å². The summed E-state index contributed by atoms with van der Waals surface area (Å²) in [5, 5.41) is 8.90. The first-order valence-electron chi connectivity index (χ1n) is 7.19. The third-order valence-corrected chi connectivity index (χ3v) is 3.29. The number of carboxylic acids is 1. The number of imidazole rings is 1. The Bertz CT molecular complexity index is 659. The van der Waals surface area contributed by atoms with Crippen molar-refractivity contribution in [1.29, 1.82) is 0 Å². The van der Waals surface area contributed by atoms with Gasteiger partial charge in [-0.3, -0.25) is 4.40 Å². The maximum atomic E-state index is 10.8. The number of hydrogen-bond acceptors (Lipinski definition) is 3. The van der Waals surface area contributed by atoms with Crippen LogP contribution in [0.2, 0.25) is 0 Å². The molecular weight excluding hydrogens is 266 g/mol. The molecule has 0 saturated heterocycles. The molecule has 0 radical (unpaired) electrons. The first-order chi connectivity index (χ1) is 10.0. The molecule has 2 heterocycles. The molecule has 0 aliphatic rings. The molecule has 21 heavy (non-hydrogen) atoms. The molecule has 0 aromatic carbocycles. The smallest absolute Gasteiger partial charge is 0.328 e. The monoisotopic (exact) mass is 287 g/mol. The van der Waals surface area contributed by atoms with Crippen LogP contribution in [0.5, 0.6) is 0 Å². The first kappa shape index (κ1) is 15.1. The van der Waals surface area contributed by atoms with E-state index in [0.717, 1.165) is 36.2 Å². The number of rotatable bonds is 6. The van der Waals surface area contributed by atoms with E-state index in [1.54, 1.807) is 6.08 Å². The molecule has 2 aromatic heterocycles. The van der Waals surface area contributed by atoms with Crippen molar-refractivity contribution in [2.24, 2.45) is 0 Å². The van der Waals surface area contributed by atoms with E-state index in [9.17, 15) is 4.79 Å². The summed E-state index contributed by atoms with van der Waals surface area (Å²) < 4.78 is 1.92. The molecule has 112 valence electrons. The van der Waals surface area contributed by atoms with Crippen molar-refractivity contribution in [3.63, 3.8) is 0 Å². The molecule has 1 N–H and O–H groups in total. The number of aliphatic carboxylic acids is 1. The van der Waals surface area contributed by atoms with Gasteiger partial charge in [0.15, 0.2) is 5.82 Å². The maximum Gasteiger partial charge on any atom is 0.328 e.